The maximum absolute atomic E-state index is 13.4. The number of carbonyl (C=O) groups is 1. The average Bonchev–Trinajstić information content (AvgIpc) is 2.54. The highest BCUT2D eigenvalue weighted by molar-refractivity contribution is 8.13. The van der Waals surface area contributed by atoms with Crippen molar-refractivity contribution in [1.29, 1.82) is 0 Å². The number of hydrogen-bond acceptors (Lipinski definition) is 6. The molecule has 0 saturated heterocycles. The Bertz CT molecular complexity index is 730. The Kier molecular flexibility index (Phi) is 7.01. The van der Waals surface area contributed by atoms with Gasteiger partial charge in [-0.15, -0.1) is 0 Å². The number of benzene rings is 1. The highest BCUT2D eigenvalue weighted by atomic mass is 32.2. The molecule has 7 heteroatoms. The summed E-state index contributed by atoms with van der Waals surface area (Å²) in [5, 5.41) is 0.687. The van der Waals surface area contributed by atoms with Crippen LogP contribution in [0.1, 0.15) is 13.3 Å². The molecule has 1 aromatic carbocycles. The van der Waals surface area contributed by atoms with Crippen molar-refractivity contribution in [3.63, 3.8) is 0 Å². The number of rotatable bonds is 8. The molecule has 0 N–H and O–H groups in total. The number of ether oxygens (including phenoxy) is 2. The van der Waals surface area contributed by atoms with Gasteiger partial charge in [0.25, 0.3) is 0 Å². The summed E-state index contributed by atoms with van der Waals surface area (Å²) >= 11 is 6.29. The summed E-state index contributed by atoms with van der Waals surface area (Å²) in [5.41, 5.74) is 0.476. The molecule has 1 aromatic heterocycles. The van der Waals surface area contributed by atoms with Crippen LogP contribution < -0.4 is 4.74 Å². The van der Waals surface area contributed by atoms with E-state index in [0.29, 0.717) is 48.7 Å². The van der Waals surface area contributed by atoms with Crippen molar-refractivity contribution in [1.82, 2.24) is 0 Å². The van der Waals surface area contributed by atoms with E-state index in [1.807, 2.05) is 6.92 Å². The second kappa shape index (κ2) is 9.00. The lowest BCUT2D eigenvalue weighted by Gasteiger charge is -2.09. The second-order valence-electron chi connectivity index (χ2n) is 4.61. The quantitative estimate of drug-likeness (QED) is 0.517. The second-order valence-corrected chi connectivity index (χ2v) is 6.16. The third kappa shape index (κ3) is 5.60. The van der Waals surface area contributed by atoms with Gasteiger partial charge >= 0.3 is 0 Å². The SMILES string of the molecule is CCC(=O)SCCOCCOc1cc(=S)oc2ccc(F)cc12. The first-order chi connectivity index (χ1) is 11.1. The molecule has 0 fully saturated rings. The standard InChI is InChI=1S/C16H17FO4S2/c1-2-15(18)23-8-7-19-5-6-20-14-10-16(22)21-13-4-3-11(17)9-12(13)14/h3-4,9-10H,2,5-8H2,1H3. The molecule has 23 heavy (non-hydrogen) atoms. The van der Waals surface area contributed by atoms with Crippen molar-refractivity contribution < 1.29 is 23.1 Å². The summed E-state index contributed by atoms with van der Waals surface area (Å²) in [6.45, 7) is 2.98. The molecule has 2 rings (SSSR count). The Balaban J connectivity index is 1.84. The van der Waals surface area contributed by atoms with E-state index in [9.17, 15) is 9.18 Å². The fourth-order valence-electron chi connectivity index (χ4n) is 1.85. The predicted octanol–water partition coefficient (Wildman–Crippen LogP) is 4.37. The van der Waals surface area contributed by atoms with Gasteiger partial charge in [0.15, 0.2) is 9.82 Å². The molecule has 1 heterocycles. The Morgan fingerprint density at radius 2 is 2.13 bits per heavy atom. The van der Waals surface area contributed by atoms with E-state index in [4.69, 9.17) is 26.1 Å². The first-order valence-electron chi connectivity index (χ1n) is 7.19. The zero-order valence-corrected chi connectivity index (χ0v) is 14.3. The number of thioether (sulfide) groups is 1. The summed E-state index contributed by atoms with van der Waals surface area (Å²) in [5.74, 6) is 0.722. The smallest absolute Gasteiger partial charge is 0.194 e. The van der Waals surface area contributed by atoms with Gasteiger partial charge in [0.1, 0.15) is 23.8 Å². The van der Waals surface area contributed by atoms with Crippen LogP contribution in [0.5, 0.6) is 5.75 Å². The maximum Gasteiger partial charge on any atom is 0.194 e. The van der Waals surface area contributed by atoms with Crippen LogP contribution in [0, 0.1) is 10.5 Å². The minimum atomic E-state index is -0.372. The Morgan fingerprint density at radius 1 is 1.30 bits per heavy atom. The van der Waals surface area contributed by atoms with E-state index in [2.05, 4.69) is 0 Å². The van der Waals surface area contributed by atoms with Gasteiger partial charge < -0.3 is 13.9 Å². The number of hydrogen-bond donors (Lipinski definition) is 0. The molecule has 0 aliphatic carbocycles. The van der Waals surface area contributed by atoms with E-state index in [0.717, 1.165) is 0 Å². The lowest BCUT2D eigenvalue weighted by molar-refractivity contribution is -0.110. The number of carbonyl (C=O) groups excluding carboxylic acids is 1. The highest BCUT2D eigenvalue weighted by Gasteiger charge is 2.07. The van der Waals surface area contributed by atoms with Crippen LogP contribution >= 0.6 is 24.0 Å². The van der Waals surface area contributed by atoms with Crippen molar-refractivity contribution in [3.05, 3.63) is 34.8 Å². The molecule has 0 atom stereocenters. The predicted molar refractivity (Wildman–Crippen MR) is 91.1 cm³/mol. The molecule has 2 aromatic rings. The van der Waals surface area contributed by atoms with Crippen molar-refractivity contribution >= 4 is 40.1 Å². The van der Waals surface area contributed by atoms with E-state index >= 15 is 0 Å². The molecule has 124 valence electrons. The Morgan fingerprint density at radius 3 is 2.91 bits per heavy atom. The number of fused-ring (bicyclic) bond motifs is 1. The molecular weight excluding hydrogens is 339 g/mol. The largest absolute Gasteiger partial charge is 0.490 e. The normalized spacial score (nSPS) is 10.9. The number of halogens is 1. The van der Waals surface area contributed by atoms with Gasteiger partial charge in [-0.1, -0.05) is 18.7 Å². The van der Waals surface area contributed by atoms with Gasteiger partial charge in [-0.25, -0.2) is 4.39 Å². The van der Waals surface area contributed by atoms with Gasteiger partial charge in [0.2, 0.25) is 0 Å². The van der Waals surface area contributed by atoms with Gasteiger partial charge in [0.05, 0.1) is 18.6 Å². The van der Waals surface area contributed by atoms with Crippen LogP contribution in [0.25, 0.3) is 11.0 Å². The average molecular weight is 356 g/mol. The first-order valence-corrected chi connectivity index (χ1v) is 8.59. The lowest BCUT2D eigenvalue weighted by Crippen LogP contribution is -2.09. The summed E-state index contributed by atoms with van der Waals surface area (Å²) in [6.07, 6.45) is 0.528. The van der Waals surface area contributed by atoms with Crippen LogP contribution in [0.15, 0.2) is 28.7 Å². The van der Waals surface area contributed by atoms with E-state index < -0.39 is 0 Å². The maximum atomic E-state index is 13.4. The van der Waals surface area contributed by atoms with Crippen LogP contribution in [0.2, 0.25) is 0 Å². The third-order valence-electron chi connectivity index (χ3n) is 2.93. The van der Waals surface area contributed by atoms with Gasteiger partial charge in [0, 0.05) is 18.2 Å². The molecule has 4 nitrogen and oxygen atoms in total. The minimum absolute atomic E-state index is 0.157. The molecule has 0 spiro atoms. The molecule has 0 aliphatic heterocycles. The topological polar surface area (TPSA) is 48.7 Å². The summed E-state index contributed by atoms with van der Waals surface area (Å²) < 4.78 is 30.0. The monoisotopic (exact) mass is 356 g/mol. The Labute approximate surface area is 143 Å². The zero-order chi connectivity index (χ0) is 16.7. The summed E-state index contributed by atoms with van der Waals surface area (Å²) in [4.78, 5) is 11.1. The van der Waals surface area contributed by atoms with E-state index in [-0.39, 0.29) is 15.6 Å². The van der Waals surface area contributed by atoms with Gasteiger partial charge in [-0.05, 0) is 30.4 Å². The van der Waals surface area contributed by atoms with E-state index in [1.54, 1.807) is 6.07 Å². The molecule has 0 unspecified atom stereocenters. The molecule has 0 saturated carbocycles. The first kappa shape index (κ1) is 17.9. The lowest BCUT2D eigenvalue weighted by atomic mass is 10.2. The van der Waals surface area contributed by atoms with Crippen LogP contribution in [-0.2, 0) is 9.53 Å². The van der Waals surface area contributed by atoms with Crippen molar-refractivity contribution in [3.8, 4) is 5.75 Å². The highest BCUT2D eigenvalue weighted by Crippen LogP contribution is 2.27. The summed E-state index contributed by atoms with van der Waals surface area (Å²) in [7, 11) is 0. The van der Waals surface area contributed by atoms with Crippen LogP contribution in [-0.4, -0.2) is 30.7 Å². The molecular formula is C16H17FO4S2. The van der Waals surface area contributed by atoms with Crippen molar-refractivity contribution in [2.45, 2.75) is 13.3 Å². The molecule has 0 radical (unpaired) electrons. The van der Waals surface area contributed by atoms with Crippen LogP contribution in [0.3, 0.4) is 0 Å². The summed E-state index contributed by atoms with van der Waals surface area (Å²) in [6, 6.07) is 5.72. The van der Waals surface area contributed by atoms with E-state index in [1.165, 1.54) is 30.0 Å². The van der Waals surface area contributed by atoms with Gasteiger partial charge in [-0.2, -0.15) is 0 Å². The van der Waals surface area contributed by atoms with Crippen molar-refractivity contribution in [2.24, 2.45) is 0 Å². The van der Waals surface area contributed by atoms with Gasteiger partial charge in [-0.3, -0.25) is 4.79 Å². The Hall–Kier alpha value is -1.44. The van der Waals surface area contributed by atoms with Crippen molar-refractivity contribution in [2.75, 3.05) is 25.6 Å². The third-order valence-corrected chi connectivity index (χ3v) is 4.11. The fraction of sp³-hybridized carbons (Fsp3) is 0.375. The molecule has 0 bridgehead atoms. The zero-order valence-electron chi connectivity index (χ0n) is 12.7. The van der Waals surface area contributed by atoms with Crippen LogP contribution in [0.4, 0.5) is 4.39 Å². The molecule has 0 amide bonds. The fourth-order valence-corrected chi connectivity index (χ4v) is 2.68. The molecule has 0 aliphatic rings. The minimum Gasteiger partial charge on any atom is -0.490 e.